The van der Waals surface area contributed by atoms with E-state index in [-0.39, 0.29) is 5.82 Å². The summed E-state index contributed by atoms with van der Waals surface area (Å²) in [6, 6.07) is 6.28. The lowest BCUT2D eigenvalue weighted by Crippen LogP contribution is -2.56. The molecule has 1 aromatic heterocycles. The fraction of sp³-hybridized carbons (Fsp3) is 0.214. The highest BCUT2D eigenvalue weighted by atomic mass is 35.5. The zero-order valence-corrected chi connectivity index (χ0v) is 12.5. The summed E-state index contributed by atoms with van der Waals surface area (Å²) in [4.78, 5) is 24.6. The number of halogens is 1. The third kappa shape index (κ3) is 2.39. The number of anilines is 2. The van der Waals surface area contributed by atoms with Crippen LogP contribution in [0.4, 0.5) is 11.5 Å². The number of nitrogens with zero attached hydrogens (tertiary/aromatic N) is 1. The largest absolute Gasteiger partial charge is 0.466 e. The predicted molar refractivity (Wildman–Crippen MR) is 79.0 cm³/mol. The van der Waals surface area contributed by atoms with Gasteiger partial charge in [-0.1, -0.05) is 16.8 Å². The maximum Gasteiger partial charge on any atom is 0.279 e. The molecule has 1 unspecified atom stereocenters. The quantitative estimate of drug-likeness (QED) is 0.828. The molecule has 0 radical (unpaired) electrons. The third-order valence-corrected chi connectivity index (χ3v) is 3.48. The lowest BCUT2D eigenvalue weighted by Gasteiger charge is -2.33. The number of carbonyl (C=O) groups excluding carboxylic acids is 2. The molecular weight excluding hydrogens is 310 g/mol. The van der Waals surface area contributed by atoms with Gasteiger partial charge < -0.3 is 19.9 Å². The van der Waals surface area contributed by atoms with E-state index in [0.29, 0.717) is 22.2 Å². The topological polar surface area (TPSA) is 93.5 Å². The number of fused-ring (bicyclic) bond motifs is 1. The second-order valence-corrected chi connectivity index (χ2v) is 5.44. The van der Waals surface area contributed by atoms with Crippen molar-refractivity contribution in [3.63, 3.8) is 0 Å². The molecule has 3 rings (SSSR count). The summed E-state index contributed by atoms with van der Waals surface area (Å²) >= 11 is 5.86. The third-order valence-electron chi connectivity index (χ3n) is 3.24. The summed E-state index contributed by atoms with van der Waals surface area (Å²) in [6.07, 6.45) is 0. The van der Waals surface area contributed by atoms with E-state index >= 15 is 0 Å². The van der Waals surface area contributed by atoms with Crippen LogP contribution in [0.1, 0.15) is 12.7 Å². The van der Waals surface area contributed by atoms with Gasteiger partial charge in [-0.25, -0.2) is 0 Å². The molecule has 2 N–H and O–H groups in total. The average Bonchev–Trinajstić information content (AvgIpc) is 2.86. The summed E-state index contributed by atoms with van der Waals surface area (Å²) in [5.74, 6) is -0.145. The average molecular weight is 322 g/mol. The first kappa shape index (κ1) is 14.4. The number of ether oxygens (including phenoxy) is 1. The SMILES string of the molecule is Cc1cc(NC(=O)C2(C)Oc3ccc(Cl)cc3NC2=O)no1. The molecule has 0 saturated heterocycles. The predicted octanol–water partition coefficient (Wildman–Crippen LogP) is 2.36. The van der Waals surface area contributed by atoms with Gasteiger partial charge in [0.05, 0.1) is 5.69 Å². The maximum atomic E-state index is 12.4. The number of amides is 2. The molecule has 2 heterocycles. The normalized spacial score (nSPS) is 19.9. The second kappa shape index (κ2) is 5.03. The molecule has 2 amide bonds. The summed E-state index contributed by atoms with van der Waals surface area (Å²) < 4.78 is 10.4. The highest BCUT2D eigenvalue weighted by molar-refractivity contribution is 6.31. The maximum absolute atomic E-state index is 12.4. The van der Waals surface area contributed by atoms with Gasteiger partial charge in [0.1, 0.15) is 11.5 Å². The molecule has 8 heteroatoms. The zero-order valence-electron chi connectivity index (χ0n) is 11.8. The van der Waals surface area contributed by atoms with E-state index in [4.69, 9.17) is 20.9 Å². The molecule has 1 aliphatic heterocycles. The Labute approximate surface area is 130 Å². The van der Waals surface area contributed by atoms with E-state index in [1.807, 2.05) is 0 Å². The van der Waals surface area contributed by atoms with Crippen molar-refractivity contribution in [3.8, 4) is 5.75 Å². The van der Waals surface area contributed by atoms with Crippen molar-refractivity contribution in [2.75, 3.05) is 10.6 Å². The van der Waals surface area contributed by atoms with Crippen LogP contribution in [0.25, 0.3) is 0 Å². The Morgan fingerprint density at radius 2 is 2.18 bits per heavy atom. The highest BCUT2D eigenvalue weighted by Gasteiger charge is 2.47. The fourth-order valence-electron chi connectivity index (χ4n) is 2.01. The van der Waals surface area contributed by atoms with E-state index in [1.165, 1.54) is 13.0 Å². The Morgan fingerprint density at radius 3 is 2.86 bits per heavy atom. The zero-order chi connectivity index (χ0) is 15.9. The van der Waals surface area contributed by atoms with Crippen LogP contribution in [0.3, 0.4) is 0 Å². The van der Waals surface area contributed by atoms with Crippen LogP contribution < -0.4 is 15.4 Å². The molecule has 7 nitrogen and oxygen atoms in total. The van der Waals surface area contributed by atoms with Crippen molar-refractivity contribution in [1.82, 2.24) is 5.16 Å². The fourth-order valence-corrected chi connectivity index (χ4v) is 2.18. The number of nitrogens with one attached hydrogen (secondary N) is 2. The van der Waals surface area contributed by atoms with Gasteiger partial charge >= 0.3 is 0 Å². The Bertz CT molecular complexity index is 773. The first-order valence-electron chi connectivity index (χ1n) is 6.43. The summed E-state index contributed by atoms with van der Waals surface area (Å²) in [6.45, 7) is 3.07. The van der Waals surface area contributed by atoms with Gasteiger partial charge in [0, 0.05) is 11.1 Å². The standard InChI is InChI=1S/C14H12ClN3O4/c1-7-5-11(18-22-7)17-13(20)14(2)12(19)16-9-6-8(15)3-4-10(9)21-14/h3-6H,1-2H3,(H,16,19)(H,17,18,20). The molecule has 0 saturated carbocycles. The van der Waals surface area contributed by atoms with Crippen LogP contribution in [-0.2, 0) is 9.59 Å². The minimum atomic E-state index is -1.73. The summed E-state index contributed by atoms with van der Waals surface area (Å²) in [5.41, 5.74) is -1.31. The van der Waals surface area contributed by atoms with Gasteiger partial charge in [-0.15, -0.1) is 0 Å². The molecule has 0 bridgehead atoms. The molecular formula is C14H12ClN3O4. The summed E-state index contributed by atoms with van der Waals surface area (Å²) in [5, 5.41) is 9.20. The number of hydrogen-bond acceptors (Lipinski definition) is 5. The lowest BCUT2D eigenvalue weighted by atomic mass is 10.0. The van der Waals surface area contributed by atoms with Crippen LogP contribution >= 0.6 is 11.6 Å². The van der Waals surface area contributed by atoms with Crippen molar-refractivity contribution < 1.29 is 18.8 Å². The van der Waals surface area contributed by atoms with Crippen molar-refractivity contribution in [2.45, 2.75) is 19.4 Å². The van der Waals surface area contributed by atoms with Gasteiger partial charge in [0.15, 0.2) is 5.82 Å². The van der Waals surface area contributed by atoms with Gasteiger partial charge in [-0.2, -0.15) is 0 Å². The molecule has 22 heavy (non-hydrogen) atoms. The van der Waals surface area contributed by atoms with Crippen LogP contribution in [0.2, 0.25) is 5.02 Å². The lowest BCUT2D eigenvalue weighted by molar-refractivity contribution is -0.143. The van der Waals surface area contributed by atoms with Crippen molar-refractivity contribution >= 4 is 34.9 Å². The van der Waals surface area contributed by atoms with Gasteiger partial charge in [-0.05, 0) is 32.0 Å². The molecule has 0 fully saturated rings. The number of aryl methyl sites for hydroxylation is 1. The Hall–Kier alpha value is -2.54. The monoisotopic (exact) mass is 321 g/mol. The first-order chi connectivity index (χ1) is 10.4. The Balaban J connectivity index is 1.87. The van der Waals surface area contributed by atoms with Crippen LogP contribution in [0, 0.1) is 6.92 Å². The van der Waals surface area contributed by atoms with E-state index in [1.54, 1.807) is 25.1 Å². The van der Waals surface area contributed by atoms with Crippen LogP contribution in [0.5, 0.6) is 5.75 Å². The van der Waals surface area contributed by atoms with Crippen LogP contribution in [-0.4, -0.2) is 22.6 Å². The molecule has 2 aromatic rings. The minimum Gasteiger partial charge on any atom is -0.466 e. The number of rotatable bonds is 2. The molecule has 1 atom stereocenters. The smallest absolute Gasteiger partial charge is 0.279 e. The van der Waals surface area contributed by atoms with E-state index < -0.39 is 17.4 Å². The van der Waals surface area contributed by atoms with Crippen molar-refractivity contribution in [3.05, 3.63) is 35.0 Å². The molecule has 1 aromatic carbocycles. The van der Waals surface area contributed by atoms with E-state index in [2.05, 4.69) is 15.8 Å². The number of carbonyl (C=O) groups is 2. The minimum absolute atomic E-state index is 0.210. The second-order valence-electron chi connectivity index (χ2n) is 5.01. The van der Waals surface area contributed by atoms with E-state index in [9.17, 15) is 9.59 Å². The molecule has 114 valence electrons. The van der Waals surface area contributed by atoms with E-state index in [0.717, 1.165) is 0 Å². The summed E-state index contributed by atoms with van der Waals surface area (Å²) in [7, 11) is 0. The number of aromatic nitrogens is 1. The first-order valence-corrected chi connectivity index (χ1v) is 6.81. The van der Waals surface area contributed by atoms with Gasteiger partial charge in [0.25, 0.3) is 17.4 Å². The Kier molecular flexibility index (Phi) is 3.29. The van der Waals surface area contributed by atoms with Gasteiger partial charge in [-0.3, -0.25) is 9.59 Å². The number of benzene rings is 1. The molecule has 0 spiro atoms. The molecule has 0 aliphatic carbocycles. The van der Waals surface area contributed by atoms with Gasteiger partial charge in [0.2, 0.25) is 0 Å². The van der Waals surface area contributed by atoms with Crippen molar-refractivity contribution in [2.24, 2.45) is 0 Å². The molecule has 1 aliphatic rings. The Morgan fingerprint density at radius 1 is 1.41 bits per heavy atom. The van der Waals surface area contributed by atoms with Crippen LogP contribution in [0.15, 0.2) is 28.8 Å². The number of hydrogen-bond donors (Lipinski definition) is 2. The van der Waals surface area contributed by atoms with Crippen molar-refractivity contribution in [1.29, 1.82) is 0 Å². The highest BCUT2D eigenvalue weighted by Crippen LogP contribution is 2.35.